The molecule has 0 aromatic heterocycles. The lowest BCUT2D eigenvalue weighted by atomic mass is 9.79. The van der Waals surface area contributed by atoms with E-state index in [1.165, 1.54) is 0 Å². The van der Waals surface area contributed by atoms with Crippen molar-refractivity contribution in [2.24, 2.45) is 11.1 Å². The number of anilines is 1. The molecule has 2 rings (SSSR count). The molecule has 1 fully saturated rings. The Morgan fingerprint density at radius 2 is 2.11 bits per heavy atom. The number of benzene rings is 1. The van der Waals surface area contributed by atoms with E-state index in [1.807, 2.05) is 31.2 Å². The second-order valence-corrected chi connectivity index (χ2v) is 4.92. The molecule has 1 saturated heterocycles. The lowest BCUT2D eigenvalue weighted by Gasteiger charge is -2.34. The van der Waals surface area contributed by atoms with Gasteiger partial charge in [-0.3, -0.25) is 4.79 Å². The summed E-state index contributed by atoms with van der Waals surface area (Å²) >= 11 is 0. The zero-order chi connectivity index (χ0) is 13.0. The Labute approximate surface area is 120 Å². The molecule has 4 nitrogen and oxygen atoms in total. The largest absolute Gasteiger partial charge is 0.381 e. The third-order valence-electron chi connectivity index (χ3n) is 3.60. The van der Waals surface area contributed by atoms with Crippen molar-refractivity contribution in [2.45, 2.75) is 19.8 Å². The molecule has 1 heterocycles. The Hall–Kier alpha value is -1.10. The second kappa shape index (κ2) is 6.89. The molecule has 0 unspecified atom stereocenters. The molecule has 0 aliphatic carbocycles. The predicted octanol–water partition coefficient (Wildman–Crippen LogP) is 2.11. The molecular formula is C14H21ClN2O2. The van der Waals surface area contributed by atoms with Crippen molar-refractivity contribution in [3.8, 4) is 0 Å². The van der Waals surface area contributed by atoms with Gasteiger partial charge in [-0.1, -0.05) is 12.1 Å². The van der Waals surface area contributed by atoms with Gasteiger partial charge in [0.2, 0.25) is 5.91 Å². The molecule has 0 saturated carbocycles. The van der Waals surface area contributed by atoms with E-state index in [2.05, 4.69) is 5.32 Å². The van der Waals surface area contributed by atoms with Crippen LogP contribution in [0.5, 0.6) is 0 Å². The first kappa shape index (κ1) is 16.0. The highest BCUT2D eigenvalue weighted by Crippen LogP contribution is 2.30. The van der Waals surface area contributed by atoms with Gasteiger partial charge in [0.15, 0.2) is 0 Å². The minimum atomic E-state index is -0.470. The summed E-state index contributed by atoms with van der Waals surface area (Å²) in [6, 6.07) is 7.79. The van der Waals surface area contributed by atoms with Crippen molar-refractivity contribution < 1.29 is 9.53 Å². The van der Waals surface area contributed by atoms with Gasteiger partial charge in [0.25, 0.3) is 0 Å². The third-order valence-corrected chi connectivity index (χ3v) is 3.60. The molecule has 106 valence electrons. The Kier molecular flexibility index (Phi) is 5.79. The molecule has 5 heteroatoms. The second-order valence-electron chi connectivity index (χ2n) is 4.92. The number of hydrogen-bond acceptors (Lipinski definition) is 3. The van der Waals surface area contributed by atoms with Crippen LogP contribution >= 0.6 is 12.4 Å². The van der Waals surface area contributed by atoms with Gasteiger partial charge in [0.05, 0.1) is 5.41 Å². The van der Waals surface area contributed by atoms with Crippen LogP contribution in [-0.4, -0.2) is 25.7 Å². The molecule has 3 N–H and O–H groups in total. The van der Waals surface area contributed by atoms with Crippen LogP contribution in [0.4, 0.5) is 5.69 Å². The Morgan fingerprint density at radius 1 is 1.42 bits per heavy atom. The molecule has 0 spiro atoms. The van der Waals surface area contributed by atoms with Gasteiger partial charge < -0.3 is 15.8 Å². The minimum Gasteiger partial charge on any atom is -0.381 e. The maximum Gasteiger partial charge on any atom is 0.232 e. The first-order valence-electron chi connectivity index (χ1n) is 6.32. The van der Waals surface area contributed by atoms with Crippen LogP contribution in [0.25, 0.3) is 0 Å². The number of carbonyl (C=O) groups is 1. The van der Waals surface area contributed by atoms with Gasteiger partial charge >= 0.3 is 0 Å². The molecule has 1 aromatic carbocycles. The average molecular weight is 285 g/mol. The summed E-state index contributed by atoms with van der Waals surface area (Å²) in [5.74, 6) is 0.0129. The first-order chi connectivity index (χ1) is 8.66. The van der Waals surface area contributed by atoms with Crippen LogP contribution in [0.2, 0.25) is 0 Å². The number of nitrogens with two attached hydrogens (primary N) is 1. The van der Waals surface area contributed by atoms with Crippen LogP contribution in [0.3, 0.4) is 0 Å². The van der Waals surface area contributed by atoms with Crippen molar-refractivity contribution in [1.82, 2.24) is 0 Å². The van der Waals surface area contributed by atoms with Crippen LogP contribution in [0.1, 0.15) is 18.4 Å². The van der Waals surface area contributed by atoms with E-state index in [4.69, 9.17) is 10.5 Å². The van der Waals surface area contributed by atoms with Crippen LogP contribution in [0, 0.1) is 12.3 Å². The lowest BCUT2D eigenvalue weighted by Crippen LogP contribution is -2.46. The standard InChI is InChI=1S/C14H20N2O2.ClH/c1-11-3-2-4-12(9-11)16-13(17)14(10-15)5-7-18-8-6-14;/h2-4,9H,5-8,10,15H2,1H3,(H,16,17);1H. The summed E-state index contributed by atoms with van der Waals surface area (Å²) in [6.45, 7) is 3.59. The number of hydrogen-bond donors (Lipinski definition) is 2. The fourth-order valence-electron chi connectivity index (χ4n) is 2.27. The third kappa shape index (κ3) is 3.69. The maximum absolute atomic E-state index is 12.4. The summed E-state index contributed by atoms with van der Waals surface area (Å²) in [5.41, 5.74) is 7.30. The normalized spacial score (nSPS) is 17.4. The van der Waals surface area contributed by atoms with E-state index in [1.54, 1.807) is 0 Å². The molecule has 1 aliphatic heterocycles. The number of ether oxygens (including phenoxy) is 1. The molecule has 0 bridgehead atoms. The fraction of sp³-hybridized carbons (Fsp3) is 0.500. The number of carbonyl (C=O) groups excluding carboxylic acids is 1. The van der Waals surface area contributed by atoms with E-state index in [0.717, 1.165) is 11.3 Å². The van der Waals surface area contributed by atoms with Crippen molar-refractivity contribution in [3.63, 3.8) is 0 Å². The highest BCUT2D eigenvalue weighted by molar-refractivity contribution is 5.95. The van der Waals surface area contributed by atoms with Crippen LogP contribution in [-0.2, 0) is 9.53 Å². The zero-order valence-electron chi connectivity index (χ0n) is 11.1. The Bertz CT molecular complexity index is 431. The quantitative estimate of drug-likeness (QED) is 0.893. The molecule has 19 heavy (non-hydrogen) atoms. The SMILES string of the molecule is Cc1cccc(NC(=O)C2(CN)CCOCC2)c1.Cl. The Balaban J connectivity index is 0.00000180. The number of aryl methyl sites for hydroxylation is 1. The smallest absolute Gasteiger partial charge is 0.232 e. The monoisotopic (exact) mass is 284 g/mol. The number of nitrogens with one attached hydrogen (secondary N) is 1. The van der Waals surface area contributed by atoms with Crippen LogP contribution < -0.4 is 11.1 Å². The molecule has 1 aromatic rings. The maximum atomic E-state index is 12.4. The van der Waals surface area contributed by atoms with Crippen molar-refractivity contribution in [3.05, 3.63) is 29.8 Å². The summed E-state index contributed by atoms with van der Waals surface area (Å²) in [4.78, 5) is 12.4. The van der Waals surface area contributed by atoms with Gasteiger partial charge in [0.1, 0.15) is 0 Å². The summed E-state index contributed by atoms with van der Waals surface area (Å²) in [7, 11) is 0. The molecule has 1 aliphatic rings. The summed E-state index contributed by atoms with van der Waals surface area (Å²) in [6.07, 6.45) is 1.39. The van der Waals surface area contributed by atoms with E-state index < -0.39 is 5.41 Å². The van der Waals surface area contributed by atoms with Gasteiger partial charge in [0, 0.05) is 25.4 Å². The summed E-state index contributed by atoms with van der Waals surface area (Å²) in [5, 5.41) is 2.97. The van der Waals surface area contributed by atoms with Crippen molar-refractivity contribution in [1.29, 1.82) is 0 Å². The highest BCUT2D eigenvalue weighted by atomic mass is 35.5. The average Bonchev–Trinajstić information content (AvgIpc) is 2.39. The number of halogens is 1. The predicted molar refractivity (Wildman–Crippen MR) is 78.6 cm³/mol. The Morgan fingerprint density at radius 3 is 2.68 bits per heavy atom. The van der Waals surface area contributed by atoms with Gasteiger partial charge in [-0.05, 0) is 37.5 Å². The molecule has 0 radical (unpaired) electrons. The zero-order valence-corrected chi connectivity index (χ0v) is 12.0. The minimum absolute atomic E-state index is 0. The van der Waals surface area contributed by atoms with E-state index in [0.29, 0.717) is 32.6 Å². The molecular weight excluding hydrogens is 264 g/mol. The van der Waals surface area contributed by atoms with E-state index >= 15 is 0 Å². The molecule has 0 atom stereocenters. The van der Waals surface area contributed by atoms with E-state index in [9.17, 15) is 4.79 Å². The summed E-state index contributed by atoms with van der Waals surface area (Å²) < 4.78 is 5.31. The lowest BCUT2D eigenvalue weighted by molar-refractivity contribution is -0.130. The van der Waals surface area contributed by atoms with Gasteiger partial charge in [-0.2, -0.15) is 0 Å². The van der Waals surface area contributed by atoms with Gasteiger partial charge in [-0.25, -0.2) is 0 Å². The van der Waals surface area contributed by atoms with Gasteiger partial charge in [-0.15, -0.1) is 12.4 Å². The highest BCUT2D eigenvalue weighted by Gasteiger charge is 2.38. The van der Waals surface area contributed by atoms with Crippen molar-refractivity contribution in [2.75, 3.05) is 25.1 Å². The topological polar surface area (TPSA) is 64.4 Å². The van der Waals surface area contributed by atoms with Crippen molar-refractivity contribution >= 4 is 24.0 Å². The van der Waals surface area contributed by atoms with E-state index in [-0.39, 0.29) is 18.3 Å². The molecule has 1 amide bonds. The first-order valence-corrected chi connectivity index (χ1v) is 6.32. The van der Waals surface area contributed by atoms with Crippen LogP contribution in [0.15, 0.2) is 24.3 Å². The number of amides is 1. The number of rotatable bonds is 3. The fourth-order valence-corrected chi connectivity index (χ4v) is 2.27.